The average Bonchev–Trinajstić information content (AvgIpc) is 2.78. The third kappa shape index (κ3) is 3.20. The van der Waals surface area contributed by atoms with Gasteiger partial charge >= 0.3 is 0 Å². The second-order valence-corrected chi connectivity index (χ2v) is 6.19. The fourth-order valence-electron chi connectivity index (χ4n) is 2.28. The fourth-order valence-corrected chi connectivity index (χ4v) is 2.97. The van der Waals surface area contributed by atoms with E-state index in [1.54, 1.807) is 17.9 Å². The highest BCUT2D eigenvalue weighted by Gasteiger charge is 2.30. The Kier molecular flexibility index (Phi) is 4.46. The Bertz CT molecular complexity index is 592. The average molecular weight is 288 g/mol. The summed E-state index contributed by atoms with van der Waals surface area (Å²) in [5.41, 5.74) is 2.27. The van der Waals surface area contributed by atoms with Crippen LogP contribution in [0.15, 0.2) is 18.2 Å². The third-order valence-electron chi connectivity index (χ3n) is 3.38. The van der Waals surface area contributed by atoms with Gasteiger partial charge in [0.25, 0.3) is 0 Å². The number of anilines is 1. The van der Waals surface area contributed by atoms with Crippen LogP contribution in [0.2, 0.25) is 0 Å². The van der Waals surface area contributed by atoms with Crippen LogP contribution in [0.3, 0.4) is 0 Å². The molecule has 1 aromatic carbocycles. The van der Waals surface area contributed by atoms with Crippen molar-refractivity contribution >= 4 is 28.5 Å². The summed E-state index contributed by atoms with van der Waals surface area (Å²) >= 11 is 1.27. The molecule has 20 heavy (non-hydrogen) atoms. The van der Waals surface area contributed by atoms with Crippen molar-refractivity contribution in [2.75, 3.05) is 17.2 Å². The molecule has 1 aliphatic rings. The maximum absolute atomic E-state index is 12.1. The Morgan fingerprint density at radius 2 is 2.30 bits per heavy atom. The molecular weight excluding hydrogens is 272 g/mol. The number of thioether (sulfide) groups is 1. The third-order valence-corrected chi connectivity index (χ3v) is 4.43. The molecule has 2 rings (SSSR count). The van der Waals surface area contributed by atoms with Gasteiger partial charge < -0.3 is 4.90 Å². The van der Waals surface area contributed by atoms with E-state index >= 15 is 0 Å². The molecule has 0 N–H and O–H groups in total. The number of nitriles is 1. The molecule has 0 radical (unpaired) electrons. The van der Waals surface area contributed by atoms with Crippen LogP contribution in [0.1, 0.15) is 24.5 Å². The number of carbonyl (C=O) groups excluding carboxylic acids is 2. The van der Waals surface area contributed by atoms with E-state index in [1.165, 1.54) is 11.8 Å². The number of hydrogen-bond acceptors (Lipinski definition) is 4. The molecule has 1 saturated heterocycles. The van der Waals surface area contributed by atoms with E-state index in [0.29, 0.717) is 24.3 Å². The summed E-state index contributed by atoms with van der Waals surface area (Å²) in [4.78, 5) is 24.8. The van der Waals surface area contributed by atoms with Crippen LogP contribution < -0.4 is 4.90 Å². The first-order valence-corrected chi connectivity index (χ1v) is 7.44. The highest BCUT2D eigenvalue weighted by Crippen LogP contribution is 2.28. The number of amides is 1. The van der Waals surface area contributed by atoms with E-state index < -0.39 is 0 Å². The van der Waals surface area contributed by atoms with Crippen molar-refractivity contribution in [3.05, 3.63) is 29.3 Å². The molecule has 1 aromatic rings. The molecule has 104 valence electrons. The van der Waals surface area contributed by atoms with Gasteiger partial charge in [-0.15, -0.1) is 0 Å². The van der Waals surface area contributed by atoms with Crippen LogP contribution in [0, 0.1) is 24.2 Å². The van der Waals surface area contributed by atoms with Gasteiger partial charge in [0.2, 0.25) is 5.91 Å². The first-order chi connectivity index (χ1) is 9.51. The smallest absolute Gasteiger partial charge is 0.227 e. The van der Waals surface area contributed by atoms with Gasteiger partial charge in [-0.1, -0.05) is 17.8 Å². The Labute approximate surface area is 122 Å². The quantitative estimate of drug-likeness (QED) is 0.857. The van der Waals surface area contributed by atoms with Crippen molar-refractivity contribution in [3.63, 3.8) is 0 Å². The summed E-state index contributed by atoms with van der Waals surface area (Å²) in [5, 5.41) is 9.14. The fraction of sp³-hybridized carbons (Fsp3) is 0.400. The first kappa shape index (κ1) is 14.6. The highest BCUT2D eigenvalue weighted by atomic mass is 32.2. The summed E-state index contributed by atoms with van der Waals surface area (Å²) in [7, 11) is 0. The maximum Gasteiger partial charge on any atom is 0.227 e. The summed E-state index contributed by atoms with van der Waals surface area (Å²) in [5.74, 6) is 0.935. The normalized spacial score (nSPS) is 18.1. The predicted molar refractivity (Wildman–Crippen MR) is 79.5 cm³/mol. The topological polar surface area (TPSA) is 61.2 Å². The Balaban J connectivity index is 2.12. The largest absolute Gasteiger partial charge is 0.312 e. The number of nitrogens with zero attached hydrogens (tertiary/aromatic N) is 2. The highest BCUT2D eigenvalue weighted by molar-refractivity contribution is 8.13. The molecule has 0 spiro atoms. The van der Waals surface area contributed by atoms with Gasteiger partial charge in [-0.2, -0.15) is 5.26 Å². The molecule has 1 heterocycles. The van der Waals surface area contributed by atoms with E-state index in [1.807, 2.05) is 19.1 Å². The van der Waals surface area contributed by atoms with Gasteiger partial charge in [0.05, 0.1) is 11.6 Å². The number of benzene rings is 1. The van der Waals surface area contributed by atoms with Crippen LogP contribution in [0.5, 0.6) is 0 Å². The molecule has 1 fully saturated rings. The molecule has 1 amide bonds. The lowest BCUT2D eigenvalue weighted by molar-refractivity contribution is -0.117. The van der Waals surface area contributed by atoms with Gasteiger partial charge in [-0.05, 0) is 30.5 Å². The summed E-state index contributed by atoms with van der Waals surface area (Å²) < 4.78 is 0. The Morgan fingerprint density at radius 3 is 2.95 bits per heavy atom. The minimum atomic E-state index is 0.0619. The van der Waals surface area contributed by atoms with E-state index in [0.717, 1.165) is 11.3 Å². The van der Waals surface area contributed by atoms with Gasteiger partial charge in [0.15, 0.2) is 5.12 Å². The number of aryl methyl sites for hydroxylation is 1. The van der Waals surface area contributed by atoms with Gasteiger partial charge in [-0.3, -0.25) is 9.59 Å². The van der Waals surface area contributed by atoms with Gasteiger partial charge in [-0.25, -0.2) is 0 Å². The van der Waals surface area contributed by atoms with E-state index in [4.69, 9.17) is 5.26 Å². The summed E-state index contributed by atoms with van der Waals surface area (Å²) in [6.07, 6.45) is 0.468. The van der Waals surface area contributed by atoms with Crippen molar-refractivity contribution in [1.29, 1.82) is 5.26 Å². The molecule has 1 unspecified atom stereocenters. The van der Waals surface area contributed by atoms with Crippen molar-refractivity contribution in [2.24, 2.45) is 5.92 Å². The Morgan fingerprint density at radius 1 is 1.55 bits per heavy atom. The minimum Gasteiger partial charge on any atom is -0.312 e. The summed E-state index contributed by atoms with van der Waals surface area (Å²) in [6, 6.07) is 7.63. The van der Waals surface area contributed by atoms with Crippen LogP contribution in [0.4, 0.5) is 5.69 Å². The van der Waals surface area contributed by atoms with Crippen LogP contribution >= 0.6 is 11.8 Å². The van der Waals surface area contributed by atoms with Crippen molar-refractivity contribution in [2.45, 2.75) is 20.3 Å². The zero-order chi connectivity index (χ0) is 14.7. The van der Waals surface area contributed by atoms with E-state index in [-0.39, 0.29) is 16.9 Å². The lowest BCUT2D eigenvalue weighted by Crippen LogP contribution is -2.24. The van der Waals surface area contributed by atoms with Gasteiger partial charge in [0, 0.05) is 31.3 Å². The monoisotopic (exact) mass is 288 g/mol. The zero-order valence-electron chi connectivity index (χ0n) is 11.5. The molecule has 1 aliphatic heterocycles. The second-order valence-electron chi connectivity index (χ2n) is 4.99. The molecule has 0 aliphatic carbocycles. The molecule has 4 nitrogen and oxygen atoms in total. The standard InChI is InChI=1S/C15H16N2O2S/c1-10-3-4-14(6-13(10)7-16)17-8-12(5-15(17)19)9-20-11(2)18/h3-4,6,12H,5,8-9H2,1-2H3. The Hall–Kier alpha value is -1.80. The number of rotatable bonds is 3. The van der Waals surface area contributed by atoms with E-state index in [2.05, 4.69) is 6.07 Å². The molecule has 0 saturated carbocycles. The maximum atomic E-state index is 12.1. The zero-order valence-corrected chi connectivity index (χ0v) is 12.4. The molecule has 5 heteroatoms. The molecular formula is C15H16N2O2S. The first-order valence-electron chi connectivity index (χ1n) is 6.45. The van der Waals surface area contributed by atoms with Crippen molar-refractivity contribution in [1.82, 2.24) is 0 Å². The molecule has 1 atom stereocenters. The van der Waals surface area contributed by atoms with Crippen LogP contribution in [0.25, 0.3) is 0 Å². The van der Waals surface area contributed by atoms with Crippen LogP contribution in [-0.4, -0.2) is 23.3 Å². The van der Waals surface area contributed by atoms with Crippen LogP contribution in [-0.2, 0) is 9.59 Å². The lowest BCUT2D eigenvalue weighted by atomic mass is 10.1. The van der Waals surface area contributed by atoms with Crippen molar-refractivity contribution in [3.8, 4) is 6.07 Å². The second kappa shape index (κ2) is 6.10. The number of carbonyl (C=O) groups is 2. The van der Waals surface area contributed by atoms with Gasteiger partial charge in [0.1, 0.15) is 0 Å². The summed E-state index contributed by atoms with van der Waals surface area (Å²) in [6.45, 7) is 4.03. The van der Waals surface area contributed by atoms with Crippen molar-refractivity contribution < 1.29 is 9.59 Å². The SMILES string of the molecule is CC(=O)SCC1CC(=O)N(c2ccc(C)c(C#N)c2)C1. The minimum absolute atomic E-state index is 0.0619. The molecule has 0 aromatic heterocycles. The predicted octanol–water partition coefficient (Wildman–Crippen LogP) is 2.50. The number of hydrogen-bond donors (Lipinski definition) is 0. The molecule has 0 bridgehead atoms. The van der Waals surface area contributed by atoms with E-state index in [9.17, 15) is 9.59 Å². The lowest BCUT2D eigenvalue weighted by Gasteiger charge is -2.17.